The number of benzene rings is 2. The number of carbonyl (C=O) groups is 1. The van der Waals surface area contributed by atoms with Crippen LogP contribution in [-0.2, 0) is 10.0 Å². The molecule has 2 aromatic rings. The first kappa shape index (κ1) is 20.1. The summed E-state index contributed by atoms with van der Waals surface area (Å²) >= 11 is 11.8. The molecular weight excluding hydrogens is 407 g/mol. The number of sulfonamides is 1. The minimum atomic E-state index is -3.63. The predicted molar refractivity (Wildman–Crippen MR) is 107 cm³/mol. The fourth-order valence-electron chi connectivity index (χ4n) is 3.12. The summed E-state index contributed by atoms with van der Waals surface area (Å²) in [6.45, 7) is 2.56. The van der Waals surface area contributed by atoms with Crippen LogP contribution in [0.1, 0.15) is 28.8 Å². The number of hydrogen-bond donors (Lipinski definition) is 1. The molecule has 0 unspecified atom stereocenters. The highest BCUT2D eigenvalue weighted by Gasteiger charge is 2.30. The van der Waals surface area contributed by atoms with Crippen LogP contribution in [0.4, 0.5) is 0 Å². The van der Waals surface area contributed by atoms with E-state index in [4.69, 9.17) is 23.2 Å². The van der Waals surface area contributed by atoms with Crippen LogP contribution in [0.2, 0.25) is 10.0 Å². The van der Waals surface area contributed by atoms with Crippen molar-refractivity contribution in [2.24, 2.45) is 0 Å². The van der Waals surface area contributed by atoms with Gasteiger partial charge in [-0.05, 0) is 49.6 Å². The van der Waals surface area contributed by atoms with Gasteiger partial charge in [-0.2, -0.15) is 4.31 Å². The van der Waals surface area contributed by atoms with Crippen LogP contribution in [0.25, 0.3) is 0 Å². The molecular formula is C19H20Cl2N2O3S. The van der Waals surface area contributed by atoms with Crippen molar-refractivity contribution < 1.29 is 13.2 Å². The van der Waals surface area contributed by atoms with Gasteiger partial charge in [0.25, 0.3) is 5.91 Å². The lowest BCUT2D eigenvalue weighted by Crippen LogP contribution is -2.46. The highest BCUT2D eigenvalue weighted by atomic mass is 35.5. The zero-order valence-electron chi connectivity index (χ0n) is 14.8. The summed E-state index contributed by atoms with van der Waals surface area (Å²) in [4.78, 5) is 12.6. The lowest BCUT2D eigenvalue weighted by molar-refractivity contribution is 0.0923. The Kier molecular flexibility index (Phi) is 6.11. The third kappa shape index (κ3) is 4.46. The van der Waals surface area contributed by atoms with Gasteiger partial charge in [-0.3, -0.25) is 4.79 Å². The molecule has 5 nitrogen and oxygen atoms in total. The summed E-state index contributed by atoms with van der Waals surface area (Å²) in [6, 6.07) is 11.6. The highest BCUT2D eigenvalue weighted by Crippen LogP contribution is 2.28. The third-order valence-corrected chi connectivity index (χ3v) is 7.34. The van der Waals surface area contributed by atoms with Gasteiger partial charge in [-0.15, -0.1) is 0 Å². The Hall–Kier alpha value is -1.60. The Morgan fingerprint density at radius 3 is 2.37 bits per heavy atom. The Balaban J connectivity index is 1.64. The molecule has 0 bridgehead atoms. The van der Waals surface area contributed by atoms with Crippen molar-refractivity contribution >= 4 is 39.1 Å². The maximum atomic E-state index is 12.8. The third-order valence-electron chi connectivity index (χ3n) is 4.71. The standard InChI is InChI=1S/C19H20Cl2N2O3S/c1-13-4-2-3-5-16(13)19(24)22-14-8-10-23(11-9-14)27(25,26)15-6-7-17(20)18(21)12-15/h2-7,12,14H,8-11H2,1H3,(H,22,24). The first-order valence-electron chi connectivity index (χ1n) is 8.61. The van der Waals surface area contributed by atoms with E-state index in [1.165, 1.54) is 22.5 Å². The number of rotatable bonds is 4. The molecule has 0 aliphatic carbocycles. The average Bonchev–Trinajstić information content (AvgIpc) is 2.64. The second kappa shape index (κ2) is 8.19. The van der Waals surface area contributed by atoms with Crippen molar-refractivity contribution in [1.29, 1.82) is 0 Å². The van der Waals surface area contributed by atoms with E-state index in [0.29, 0.717) is 36.5 Å². The molecule has 1 amide bonds. The summed E-state index contributed by atoms with van der Waals surface area (Å²) in [6.07, 6.45) is 1.11. The molecule has 2 aromatic carbocycles. The fraction of sp³-hybridized carbons (Fsp3) is 0.316. The number of aryl methyl sites for hydroxylation is 1. The van der Waals surface area contributed by atoms with Gasteiger partial charge in [0.1, 0.15) is 0 Å². The zero-order chi connectivity index (χ0) is 19.6. The van der Waals surface area contributed by atoms with Crippen LogP contribution in [0.15, 0.2) is 47.4 Å². The number of nitrogens with one attached hydrogen (secondary N) is 1. The van der Waals surface area contributed by atoms with Crippen LogP contribution >= 0.6 is 23.2 Å². The molecule has 0 aromatic heterocycles. The van der Waals surface area contributed by atoms with Crippen molar-refractivity contribution in [2.75, 3.05) is 13.1 Å². The predicted octanol–water partition coefficient (Wildman–Crippen LogP) is 3.88. The first-order valence-corrected chi connectivity index (χ1v) is 10.8. The Morgan fingerprint density at radius 2 is 1.74 bits per heavy atom. The van der Waals surface area contributed by atoms with Gasteiger partial charge in [0, 0.05) is 24.7 Å². The van der Waals surface area contributed by atoms with Gasteiger partial charge < -0.3 is 5.32 Å². The van der Waals surface area contributed by atoms with Crippen molar-refractivity contribution in [3.8, 4) is 0 Å². The molecule has 1 N–H and O–H groups in total. The minimum Gasteiger partial charge on any atom is -0.349 e. The van der Waals surface area contributed by atoms with E-state index in [1.807, 2.05) is 25.1 Å². The van der Waals surface area contributed by atoms with Crippen LogP contribution in [-0.4, -0.2) is 37.8 Å². The summed E-state index contributed by atoms with van der Waals surface area (Å²) in [7, 11) is -3.63. The van der Waals surface area contributed by atoms with Crippen LogP contribution in [0.3, 0.4) is 0 Å². The van der Waals surface area contributed by atoms with Crippen LogP contribution < -0.4 is 5.32 Å². The normalized spacial score (nSPS) is 16.3. The topological polar surface area (TPSA) is 66.5 Å². The largest absolute Gasteiger partial charge is 0.349 e. The molecule has 27 heavy (non-hydrogen) atoms. The minimum absolute atomic E-state index is 0.0580. The number of carbonyl (C=O) groups excluding carboxylic acids is 1. The van der Waals surface area contributed by atoms with Crippen molar-refractivity contribution in [1.82, 2.24) is 9.62 Å². The molecule has 1 fully saturated rings. The van der Waals surface area contributed by atoms with Crippen molar-refractivity contribution in [2.45, 2.75) is 30.7 Å². The summed E-state index contributed by atoms with van der Waals surface area (Å²) in [5, 5.41) is 3.53. The Morgan fingerprint density at radius 1 is 1.07 bits per heavy atom. The maximum Gasteiger partial charge on any atom is 0.251 e. The molecule has 0 spiro atoms. The van der Waals surface area contributed by atoms with E-state index in [1.54, 1.807) is 6.07 Å². The lowest BCUT2D eigenvalue weighted by atomic mass is 10.0. The van der Waals surface area contributed by atoms with Gasteiger partial charge in [-0.25, -0.2) is 8.42 Å². The Labute approximate surface area is 169 Å². The molecule has 1 aliphatic heterocycles. The molecule has 3 rings (SSSR count). The molecule has 0 atom stereocenters. The zero-order valence-corrected chi connectivity index (χ0v) is 17.1. The van der Waals surface area contributed by atoms with Crippen LogP contribution in [0.5, 0.6) is 0 Å². The summed E-state index contributed by atoms with van der Waals surface area (Å²) in [5.74, 6) is -0.126. The van der Waals surface area contributed by atoms with Gasteiger partial charge >= 0.3 is 0 Å². The van der Waals surface area contributed by atoms with Gasteiger partial charge in [-0.1, -0.05) is 41.4 Å². The van der Waals surface area contributed by atoms with Gasteiger partial charge in [0.2, 0.25) is 10.0 Å². The number of amides is 1. The summed E-state index contributed by atoms with van der Waals surface area (Å²) in [5.41, 5.74) is 1.55. The smallest absolute Gasteiger partial charge is 0.251 e. The molecule has 0 radical (unpaired) electrons. The Bertz CT molecular complexity index is 955. The lowest BCUT2D eigenvalue weighted by Gasteiger charge is -2.31. The van der Waals surface area contributed by atoms with Gasteiger partial charge in [0.15, 0.2) is 0 Å². The first-order chi connectivity index (χ1) is 12.8. The molecule has 1 saturated heterocycles. The maximum absolute atomic E-state index is 12.8. The number of nitrogens with zero attached hydrogens (tertiary/aromatic N) is 1. The quantitative estimate of drug-likeness (QED) is 0.805. The highest BCUT2D eigenvalue weighted by molar-refractivity contribution is 7.89. The van der Waals surface area contributed by atoms with E-state index in [2.05, 4.69) is 5.32 Å². The van der Waals surface area contributed by atoms with E-state index < -0.39 is 10.0 Å². The van der Waals surface area contributed by atoms with Crippen molar-refractivity contribution in [3.63, 3.8) is 0 Å². The molecule has 1 aliphatic rings. The second-order valence-corrected chi connectivity index (χ2v) is 9.29. The SMILES string of the molecule is Cc1ccccc1C(=O)NC1CCN(S(=O)(=O)c2ccc(Cl)c(Cl)c2)CC1. The molecule has 144 valence electrons. The monoisotopic (exact) mass is 426 g/mol. The molecule has 1 heterocycles. The molecule has 0 saturated carbocycles. The van der Waals surface area contributed by atoms with E-state index in [0.717, 1.165) is 5.56 Å². The second-order valence-electron chi connectivity index (χ2n) is 6.54. The molecule has 8 heteroatoms. The number of hydrogen-bond acceptors (Lipinski definition) is 3. The van der Waals surface area contributed by atoms with Crippen molar-refractivity contribution in [3.05, 3.63) is 63.6 Å². The van der Waals surface area contributed by atoms with E-state index in [9.17, 15) is 13.2 Å². The van der Waals surface area contributed by atoms with Gasteiger partial charge in [0.05, 0.1) is 14.9 Å². The average molecular weight is 427 g/mol. The number of piperidine rings is 1. The van der Waals surface area contributed by atoms with Crippen LogP contribution in [0, 0.1) is 6.92 Å². The van der Waals surface area contributed by atoms with E-state index >= 15 is 0 Å². The summed E-state index contributed by atoms with van der Waals surface area (Å²) < 4.78 is 27.0. The fourth-order valence-corrected chi connectivity index (χ4v) is 4.98. The number of halogens is 2. The van der Waals surface area contributed by atoms with E-state index in [-0.39, 0.29) is 21.9 Å².